The minimum Gasteiger partial charge on any atom is -0.508 e. The van der Waals surface area contributed by atoms with Crippen LogP contribution < -0.4 is 4.74 Å². The molecule has 2 aromatic carbocycles. The van der Waals surface area contributed by atoms with E-state index in [0.717, 1.165) is 46.8 Å². The molecule has 0 radical (unpaired) electrons. The van der Waals surface area contributed by atoms with Gasteiger partial charge in [-0.2, -0.15) is 0 Å². The Hall–Kier alpha value is -3.28. The zero-order valence-corrected chi connectivity index (χ0v) is 18.3. The highest BCUT2D eigenvalue weighted by atomic mass is 16.5. The molecule has 0 aliphatic heterocycles. The Balaban J connectivity index is 1.74. The van der Waals surface area contributed by atoms with Gasteiger partial charge in [-0.05, 0) is 62.9 Å². The van der Waals surface area contributed by atoms with E-state index in [4.69, 9.17) is 9.84 Å². The van der Waals surface area contributed by atoms with Gasteiger partial charge >= 0.3 is 5.97 Å². The van der Waals surface area contributed by atoms with Gasteiger partial charge in [0.1, 0.15) is 17.3 Å². The molecule has 0 bridgehead atoms. The first-order valence-electron chi connectivity index (χ1n) is 10.6. The maximum atomic E-state index is 10.8. The second-order valence-corrected chi connectivity index (χ2v) is 8.16. The SMILES string of the molecule is Cc1ccc(OCCCC(C)CC(=O)O)c(Cn2c(C)cnc2-c2ccc(O)cc2)c1. The molecule has 1 aromatic heterocycles. The average molecular weight is 423 g/mol. The Labute approximate surface area is 183 Å². The molecule has 1 heterocycles. The summed E-state index contributed by atoms with van der Waals surface area (Å²) in [5.74, 6) is 1.29. The highest BCUT2D eigenvalue weighted by molar-refractivity contribution is 5.66. The van der Waals surface area contributed by atoms with Crippen LogP contribution in [0.5, 0.6) is 11.5 Å². The average Bonchev–Trinajstić information content (AvgIpc) is 3.07. The van der Waals surface area contributed by atoms with Gasteiger partial charge in [0.15, 0.2) is 0 Å². The molecule has 0 spiro atoms. The third-order valence-corrected chi connectivity index (χ3v) is 5.35. The number of carbonyl (C=O) groups is 1. The Morgan fingerprint density at radius 3 is 2.61 bits per heavy atom. The minimum absolute atomic E-state index is 0.139. The van der Waals surface area contributed by atoms with Crippen LogP contribution in [0.15, 0.2) is 48.7 Å². The van der Waals surface area contributed by atoms with E-state index in [1.807, 2.05) is 44.3 Å². The molecule has 0 aliphatic carbocycles. The number of aromatic hydroxyl groups is 1. The van der Waals surface area contributed by atoms with Crippen molar-refractivity contribution >= 4 is 5.97 Å². The lowest BCUT2D eigenvalue weighted by Gasteiger charge is -2.16. The molecule has 164 valence electrons. The third kappa shape index (κ3) is 6.10. The summed E-state index contributed by atoms with van der Waals surface area (Å²) in [4.78, 5) is 15.4. The number of hydrogen-bond donors (Lipinski definition) is 2. The van der Waals surface area contributed by atoms with E-state index in [2.05, 4.69) is 22.5 Å². The molecular weight excluding hydrogens is 392 g/mol. The predicted molar refractivity (Wildman–Crippen MR) is 120 cm³/mol. The van der Waals surface area contributed by atoms with Gasteiger partial charge in [-0.3, -0.25) is 4.79 Å². The lowest BCUT2D eigenvalue weighted by atomic mass is 10.0. The van der Waals surface area contributed by atoms with Gasteiger partial charge in [-0.1, -0.05) is 24.6 Å². The van der Waals surface area contributed by atoms with Crippen LogP contribution in [0.2, 0.25) is 0 Å². The number of aromatic nitrogens is 2. The van der Waals surface area contributed by atoms with Crippen molar-refractivity contribution in [3.05, 3.63) is 65.5 Å². The Morgan fingerprint density at radius 1 is 1.16 bits per heavy atom. The molecule has 0 saturated heterocycles. The molecular formula is C25H30N2O4. The number of rotatable bonds is 10. The van der Waals surface area contributed by atoms with Gasteiger partial charge in [-0.25, -0.2) is 4.98 Å². The summed E-state index contributed by atoms with van der Waals surface area (Å²) in [5, 5.41) is 18.5. The summed E-state index contributed by atoms with van der Waals surface area (Å²) in [5.41, 5.74) is 4.20. The Morgan fingerprint density at radius 2 is 1.90 bits per heavy atom. The van der Waals surface area contributed by atoms with Crippen molar-refractivity contribution in [3.63, 3.8) is 0 Å². The molecule has 0 saturated carbocycles. The predicted octanol–water partition coefficient (Wildman–Crippen LogP) is 5.19. The number of benzene rings is 2. The van der Waals surface area contributed by atoms with Crippen LogP contribution >= 0.6 is 0 Å². The van der Waals surface area contributed by atoms with Gasteiger partial charge in [0.05, 0.1) is 13.2 Å². The number of nitrogens with zero attached hydrogens (tertiary/aromatic N) is 2. The topological polar surface area (TPSA) is 84.6 Å². The highest BCUT2D eigenvalue weighted by Crippen LogP contribution is 2.27. The van der Waals surface area contributed by atoms with Crippen molar-refractivity contribution in [1.82, 2.24) is 9.55 Å². The third-order valence-electron chi connectivity index (χ3n) is 5.35. The number of hydrogen-bond acceptors (Lipinski definition) is 4. The molecule has 3 aromatic rings. The van der Waals surface area contributed by atoms with Crippen LogP contribution in [0.3, 0.4) is 0 Å². The van der Waals surface area contributed by atoms with Gasteiger partial charge < -0.3 is 19.5 Å². The second-order valence-electron chi connectivity index (χ2n) is 8.16. The highest BCUT2D eigenvalue weighted by Gasteiger charge is 2.13. The number of carboxylic acid groups (broad SMARTS) is 1. The van der Waals surface area contributed by atoms with Crippen molar-refractivity contribution in [2.24, 2.45) is 5.92 Å². The first-order chi connectivity index (χ1) is 14.8. The van der Waals surface area contributed by atoms with E-state index in [1.165, 1.54) is 0 Å². The van der Waals surface area contributed by atoms with Crippen LogP contribution in [-0.4, -0.2) is 32.3 Å². The van der Waals surface area contributed by atoms with E-state index in [1.54, 1.807) is 12.1 Å². The van der Waals surface area contributed by atoms with Crippen molar-refractivity contribution in [3.8, 4) is 22.9 Å². The van der Waals surface area contributed by atoms with Crippen molar-refractivity contribution in [2.45, 2.75) is 46.6 Å². The van der Waals surface area contributed by atoms with Crippen LogP contribution in [0, 0.1) is 19.8 Å². The number of carboxylic acids is 1. The van der Waals surface area contributed by atoms with Gasteiger partial charge in [0.25, 0.3) is 0 Å². The van der Waals surface area contributed by atoms with Crippen molar-refractivity contribution in [2.75, 3.05) is 6.61 Å². The number of aliphatic carboxylic acids is 1. The van der Waals surface area contributed by atoms with Crippen molar-refractivity contribution < 1.29 is 19.7 Å². The van der Waals surface area contributed by atoms with Crippen LogP contribution in [0.25, 0.3) is 11.4 Å². The van der Waals surface area contributed by atoms with Crippen LogP contribution in [0.4, 0.5) is 0 Å². The van der Waals surface area contributed by atoms with Gasteiger partial charge in [-0.15, -0.1) is 0 Å². The maximum absolute atomic E-state index is 10.8. The fourth-order valence-electron chi connectivity index (χ4n) is 3.66. The molecule has 0 amide bonds. The first-order valence-corrected chi connectivity index (χ1v) is 10.6. The number of phenols is 1. The smallest absolute Gasteiger partial charge is 0.303 e. The summed E-state index contributed by atoms with van der Waals surface area (Å²) in [6, 6.07) is 13.2. The molecule has 0 fully saturated rings. The zero-order chi connectivity index (χ0) is 22.4. The molecule has 2 N–H and O–H groups in total. The number of aryl methyl sites for hydroxylation is 2. The van der Waals surface area contributed by atoms with Gasteiger partial charge in [0, 0.05) is 29.4 Å². The fourth-order valence-corrected chi connectivity index (χ4v) is 3.66. The van der Waals surface area contributed by atoms with E-state index < -0.39 is 5.97 Å². The first kappa shape index (κ1) is 22.4. The molecule has 31 heavy (non-hydrogen) atoms. The summed E-state index contributed by atoms with van der Waals surface area (Å²) >= 11 is 0. The largest absolute Gasteiger partial charge is 0.508 e. The van der Waals surface area contributed by atoms with E-state index in [9.17, 15) is 9.90 Å². The molecule has 1 unspecified atom stereocenters. The number of phenolic OH excluding ortho intramolecular Hbond substituents is 1. The van der Waals surface area contributed by atoms with E-state index in [0.29, 0.717) is 13.2 Å². The maximum Gasteiger partial charge on any atom is 0.303 e. The van der Waals surface area contributed by atoms with Crippen LogP contribution in [0.1, 0.15) is 43.0 Å². The fraction of sp³-hybridized carbons (Fsp3) is 0.360. The van der Waals surface area contributed by atoms with E-state index >= 15 is 0 Å². The zero-order valence-electron chi connectivity index (χ0n) is 18.3. The van der Waals surface area contributed by atoms with Gasteiger partial charge in [0.2, 0.25) is 0 Å². The molecule has 6 nitrogen and oxygen atoms in total. The normalized spacial score (nSPS) is 12.0. The number of ether oxygens (including phenoxy) is 1. The Bertz CT molecular complexity index is 1020. The second kappa shape index (κ2) is 10.2. The minimum atomic E-state index is -0.755. The molecule has 1 atom stereocenters. The summed E-state index contributed by atoms with van der Waals surface area (Å²) in [7, 11) is 0. The van der Waals surface area contributed by atoms with E-state index in [-0.39, 0.29) is 18.1 Å². The Kier molecular flexibility index (Phi) is 7.34. The molecule has 0 aliphatic rings. The van der Waals surface area contributed by atoms with Crippen LogP contribution in [-0.2, 0) is 11.3 Å². The lowest BCUT2D eigenvalue weighted by molar-refractivity contribution is -0.138. The van der Waals surface area contributed by atoms with Crippen molar-refractivity contribution in [1.29, 1.82) is 0 Å². The monoisotopic (exact) mass is 422 g/mol. The molecule has 3 rings (SSSR count). The summed E-state index contributed by atoms with van der Waals surface area (Å²) in [6.07, 6.45) is 3.67. The standard InChI is InChI=1S/C25H30N2O4/c1-17(14-24(29)30)5-4-12-31-23-11-6-18(2)13-21(23)16-27-19(3)15-26-25(27)20-7-9-22(28)10-8-20/h6-11,13,15,17,28H,4-5,12,14,16H2,1-3H3,(H,29,30). The summed E-state index contributed by atoms with van der Waals surface area (Å²) in [6.45, 7) is 7.21. The molecule has 6 heteroatoms. The quantitative estimate of drug-likeness (QED) is 0.439. The lowest BCUT2D eigenvalue weighted by Crippen LogP contribution is -2.09. The number of imidazole rings is 1. The summed E-state index contributed by atoms with van der Waals surface area (Å²) < 4.78 is 8.23.